The highest BCUT2D eigenvalue weighted by atomic mass is 35.5. The first-order valence-corrected chi connectivity index (χ1v) is 12.1. The van der Waals surface area contributed by atoms with Crippen LogP contribution in [0.15, 0.2) is 78.0 Å². The van der Waals surface area contributed by atoms with E-state index < -0.39 is 11.0 Å². The van der Waals surface area contributed by atoms with Crippen LogP contribution in [0.2, 0.25) is 5.02 Å². The molecule has 35 heavy (non-hydrogen) atoms. The van der Waals surface area contributed by atoms with Gasteiger partial charge in [0.15, 0.2) is 11.0 Å². The average Bonchev–Trinajstić information content (AvgIpc) is 3.28. The molecule has 1 unspecified atom stereocenters. The summed E-state index contributed by atoms with van der Waals surface area (Å²) in [6.07, 6.45) is 0. The van der Waals surface area contributed by atoms with E-state index in [2.05, 4.69) is 15.5 Å². The second-order valence-corrected chi connectivity index (χ2v) is 9.26. The van der Waals surface area contributed by atoms with Gasteiger partial charge in [0, 0.05) is 28.5 Å². The third kappa shape index (κ3) is 5.70. The Morgan fingerprint density at radius 2 is 1.83 bits per heavy atom. The molecule has 8 nitrogen and oxygen atoms in total. The normalized spacial score (nSPS) is 11.7. The summed E-state index contributed by atoms with van der Waals surface area (Å²) >= 11 is 7.85. The maximum absolute atomic E-state index is 12.8. The highest BCUT2D eigenvalue weighted by Gasteiger charge is 2.23. The first-order valence-electron chi connectivity index (χ1n) is 10.8. The number of carbonyl (C=O) groups is 1. The molecule has 10 heteroatoms. The monoisotopic (exact) mass is 507 g/mol. The molecule has 1 amide bonds. The minimum absolute atomic E-state index is 0.0779. The molecule has 0 aliphatic carbocycles. The van der Waals surface area contributed by atoms with Gasteiger partial charge in [0.2, 0.25) is 0 Å². The number of halogens is 1. The number of benzene rings is 3. The lowest BCUT2D eigenvalue weighted by Crippen LogP contribution is -2.28. The predicted octanol–water partition coefficient (Wildman–Crippen LogP) is 5.92. The number of aryl methyl sites for hydroxylation is 1. The van der Waals surface area contributed by atoms with E-state index >= 15 is 0 Å². The van der Waals surface area contributed by atoms with Gasteiger partial charge in [-0.25, -0.2) is 0 Å². The average molecular weight is 508 g/mol. The van der Waals surface area contributed by atoms with Gasteiger partial charge in [-0.1, -0.05) is 59.8 Å². The van der Waals surface area contributed by atoms with E-state index in [4.69, 9.17) is 11.6 Å². The zero-order chi connectivity index (χ0) is 24.9. The van der Waals surface area contributed by atoms with Crippen molar-refractivity contribution in [1.82, 2.24) is 20.1 Å². The number of nitrogens with zero attached hydrogens (tertiary/aromatic N) is 4. The Morgan fingerprint density at radius 3 is 2.51 bits per heavy atom. The number of nitro benzene ring substituents is 1. The number of aromatic nitrogens is 3. The van der Waals surface area contributed by atoms with E-state index in [0.717, 1.165) is 16.8 Å². The van der Waals surface area contributed by atoms with Gasteiger partial charge in [0.25, 0.3) is 11.6 Å². The number of non-ortho nitro benzene ring substituents is 1. The van der Waals surface area contributed by atoms with Crippen LogP contribution in [-0.4, -0.2) is 25.6 Å². The summed E-state index contributed by atoms with van der Waals surface area (Å²) < 4.78 is 1.91. The van der Waals surface area contributed by atoms with Crippen LogP contribution >= 0.6 is 23.4 Å². The van der Waals surface area contributed by atoms with Crippen molar-refractivity contribution in [1.29, 1.82) is 0 Å². The Kier molecular flexibility index (Phi) is 7.48. The smallest absolute Gasteiger partial charge is 0.269 e. The van der Waals surface area contributed by atoms with Crippen molar-refractivity contribution in [2.45, 2.75) is 30.8 Å². The summed E-state index contributed by atoms with van der Waals surface area (Å²) in [5.41, 5.74) is 3.18. The Hall–Kier alpha value is -3.69. The number of nitro groups is 1. The fourth-order valence-corrected chi connectivity index (χ4v) is 4.58. The van der Waals surface area contributed by atoms with E-state index in [0.29, 0.717) is 27.3 Å². The quantitative estimate of drug-likeness (QED) is 0.180. The van der Waals surface area contributed by atoms with E-state index in [1.807, 2.05) is 66.9 Å². The van der Waals surface area contributed by atoms with Crippen molar-refractivity contribution < 1.29 is 9.72 Å². The molecule has 0 saturated carbocycles. The number of carbonyl (C=O) groups excluding carboxylic acids is 1. The van der Waals surface area contributed by atoms with Gasteiger partial charge in [-0.15, -0.1) is 10.2 Å². The van der Waals surface area contributed by atoms with Crippen molar-refractivity contribution in [3.8, 4) is 5.69 Å². The molecule has 1 aromatic heterocycles. The van der Waals surface area contributed by atoms with Gasteiger partial charge in [0.05, 0.1) is 16.7 Å². The highest BCUT2D eigenvalue weighted by Crippen LogP contribution is 2.30. The largest absolute Gasteiger partial charge is 0.342 e. The van der Waals surface area contributed by atoms with Crippen LogP contribution in [0.5, 0.6) is 0 Å². The molecule has 0 fully saturated rings. The second kappa shape index (κ2) is 10.7. The molecule has 0 aliphatic heterocycles. The zero-order valence-corrected chi connectivity index (χ0v) is 20.6. The number of hydrogen-bond donors (Lipinski definition) is 1. The van der Waals surface area contributed by atoms with Crippen LogP contribution in [0.3, 0.4) is 0 Å². The number of rotatable bonds is 8. The Morgan fingerprint density at radius 1 is 1.11 bits per heavy atom. The molecule has 0 aliphatic rings. The summed E-state index contributed by atoms with van der Waals surface area (Å²) in [6, 6.07) is 20.6. The van der Waals surface area contributed by atoms with Gasteiger partial charge in [-0.3, -0.25) is 19.5 Å². The van der Waals surface area contributed by atoms with Crippen molar-refractivity contribution in [2.24, 2.45) is 0 Å². The standard InChI is InChI=1S/C25H22ClN5O3S/c1-16-8-11-20(26)14-22(16)30-23(28-29-25(30)35-15-18-6-4-3-5-7-18)17(2)27-24(32)19-9-12-21(13-10-19)31(33)34/h3-14,17H,15H2,1-2H3,(H,27,32). The highest BCUT2D eigenvalue weighted by molar-refractivity contribution is 7.98. The lowest BCUT2D eigenvalue weighted by molar-refractivity contribution is -0.384. The molecule has 1 N–H and O–H groups in total. The molecule has 1 heterocycles. The molecular weight excluding hydrogens is 486 g/mol. The van der Waals surface area contributed by atoms with Crippen LogP contribution in [-0.2, 0) is 5.75 Å². The van der Waals surface area contributed by atoms with E-state index in [1.54, 1.807) is 0 Å². The van der Waals surface area contributed by atoms with Crippen LogP contribution in [0, 0.1) is 17.0 Å². The van der Waals surface area contributed by atoms with Crippen LogP contribution < -0.4 is 5.32 Å². The van der Waals surface area contributed by atoms with Gasteiger partial charge in [-0.05, 0) is 49.2 Å². The van der Waals surface area contributed by atoms with E-state index in [-0.39, 0.29) is 11.6 Å². The molecular formula is C25H22ClN5O3S. The fourth-order valence-electron chi connectivity index (χ4n) is 3.51. The van der Waals surface area contributed by atoms with Crippen molar-refractivity contribution in [2.75, 3.05) is 0 Å². The van der Waals surface area contributed by atoms with Gasteiger partial charge in [-0.2, -0.15) is 0 Å². The molecule has 0 radical (unpaired) electrons. The SMILES string of the molecule is Cc1ccc(Cl)cc1-n1c(SCc2ccccc2)nnc1C(C)NC(=O)c1ccc([N+](=O)[O-])cc1. The predicted molar refractivity (Wildman–Crippen MR) is 136 cm³/mol. The van der Waals surface area contributed by atoms with Gasteiger partial charge in [0.1, 0.15) is 0 Å². The van der Waals surface area contributed by atoms with Crippen LogP contribution in [0.4, 0.5) is 5.69 Å². The van der Waals surface area contributed by atoms with Crippen molar-refractivity contribution >= 4 is 35.0 Å². The maximum atomic E-state index is 12.8. The van der Waals surface area contributed by atoms with Crippen LogP contribution in [0.1, 0.15) is 40.3 Å². The third-order valence-corrected chi connectivity index (χ3v) is 6.59. The van der Waals surface area contributed by atoms with E-state index in [9.17, 15) is 14.9 Å². The molecule has 4 rings (SSSR count). The molecule has 4 aromatic rings. The number of hydrogen-bond acceptors (Lipinski definition) is 6. The Bertz CT molecular complexity index is 1360. The zero-order valence-electron chi connectivity index (χ0n) is 19.0. The molecule has 3 aromatic carbocycles. The maximum Gasteiger partial charge on any atom is 0.269 e. The second-order valence-electron chi connectivity index (χ2n) is 7.88. The molecule has 178 valence electrons. The summed E-state index contributed by atoms with van der Waals surface area (Å²) in [5.74, 6) is 0.867. The first-order chi connectivity index (χ1) is 16.8. The molecule has 0 spiro atoms. The van der Waals surface area contributed by atoms with Crippen molar-refractivity contribution in [3.05, 3.63) is 110 Å². The number of thioether (sulfide) groups is 1. The minimum Gasteiger partial charge on any atom is -0.342 e. The Labute approximate surface area is 211 Å². The summed E-state index contributed by atoms with van der Waals surface area (Å²) in [7, 11) is 0. The topological polar surface area (TPSA) is 103 Å². The minimum atomic E-state index is -0.505. The molecule has 1 atom stereocenters. The Balaban J connectivity index is 1.64. The lowest BCUT2D eigenvalue weighted by Gasteiger charge is -2.18. The fraction of sp³-hybridized carbons (Fsp3) is 0.160. The third-order valence-electron chi connectivity index (χ3n) is 5.36. The van der Waals surface area contributed by atoms with Crippen molar-refractivity contribution in [3.63, 3.8) is 0 Å². The van der Waals surface area contributed by atoms with Gasteiger partial charge >= 0.3 is 0 Å². The number of nitrogens with one attached hydrogen (secondary N) is 1. The van der Waals surface area contributed by atoms with Gasteiger partial charge < -0.3 is 5.32 Å². The number of amides is 1. The summed E-state index contributed by atoms with van der Waals surface area (Å²) in [6.45, 7) is 3.79. The lowest BCUT2D eigenvalue weighted by atomic mass is 10.1. The van der Waals surface area contributed by atoms with Crippen LogP contribution in [0.25, 0.3) is 5.69 Å². The summed E-state index contributed by atoms with van der Waals surface area (Å²) in [5, 5.41) is 23.9. The molecule has 0 saturated heterocycles. The van der Waals surface area contributed by atoms with E-state index in [1.165, 1.54) is 36.0 Å². The molecule has 0 bridgehead atoms. The first kappa shape index (κ1) is 24.4. The summed E-state index contributed by atoms with van der Waals surface area (Å²) in [4.78, 5) is 23.2.